The lowest BCUT2D eigenvalue weighted by Gasteiger charge is -2.07. The molecule has 0 spiro atoms. The van der Waals surface area contributed by atoms with E-state index in [0.717, 1.165) is 11.5 Å². The van der Waals surface area contributed by atoms with Gasteiger partial charge in [0.05, 0.1) is 17.8 Å². The molecular weight excluding hydrogens is 294 g/mol. The molecule has 0 aliphatic rings. The number of aromatic nitrogens is 2. The van der Waals surface area contributed by atoms with Gasteiger partial charge in [-0.05, 0) is 42.7 Å². The molecule has 7 nitrogen and oxygen atoms in total. The molecule has 1 aromatic heterocycles. The largest absolute Gasteiger partial charge is 0.492 e. The number of aryl methyl sites for hydroxylation is 1. The third-order valence-corrected chi connectivity index (χ3v) is 3.44. The summed E-state index contributed by atoms with van der Waals surface area (Å²) >= 11 is 1.05. The maximum atomic E-state index is 11.8. The van der Waals surface area contributed by atoms with Crippen molar-refractivity contribution in [3.05, 3.63) is 40.4 Å². The van der Waals surface area contributed by atoms with Gasteiger partial charge in [0.1, 0.15) is 17.2 Å². The van der Waals surface area contributed by atoms with Gasteiger partial charge in [-0.25, -0.2) is 4.79 Å². The molecule has 2 aromatic rings. The van der Waals surface area contributed by atoms with E-state index in [1.165, 1.54) is 12.1 Å². The van der Waals surface area contributed by atoms with E-state index in [1.807, 2.05) is 0 Å². The van der Waals surface area contributed by atoms with Crippen LogP contribution in [0.3, 0.4) is 0 Å². The third kappa shape index (κ3) is 3.99. The summed E-state index contributed by atoms with van der Waals surface area (Å²) in [4.78, 5) is 22.9. The number of carboxylic acids is 1. The summed E-state index contributed by atoms with van der Waals surface area (Å²) in [6.07, 6.45) is 0. The van der Waals surface area contributed by atoms with Gasteiger partial charge < -0.3 is 15.2 Å². The molecule has 1 amide bonds. The van der Waals surface area contributed by atoms with Gasteiger partial charge in [0.25, 0.3) is 5.91 Å². The molecule has 0 unspecified atom stereocenters. The number of hydrogen-bond acceptors (Lipinski definition) is 6. The van der Waals surface area contributed by atoms with Gasteiger partial charge in [0.2, 0.25) is 0 Å². The Morgan fingerprint density at radius 2 is 2.05 bits per heavy atom. The summed E-state index contributed by atoms with van der Waals surface area (Å²) in [5.41, 5.74) is 0.798. The smallest absolute Gasteiger partial charge is 0.335 e. The fourth-order valence-electron chi connectivity index (χ4n) is 1.55. The van der Waals surface area contributed by atoms with E-state index in [4.69, 9.17) is 9.84 Å². The van der Waals surface area contributed by atoms with Gasteiger partial charge in [0.15, 0.2) is 0 Å². The molecule has 0 aliphatic heterocycles. The minimum atomic E-state index is -0.984. The summed E-state index contributed by atoms with van der Waals surface area (Å²) < 4.78 is 9.10. The van der Waals surface area contributed by atoms with Gasteiger partial charge in [-0.2, -0.15) is 0 Å². The first-order chi connectivity index (χ1) is 10.1. The van der Waals surface area contributed by atoms with Crippen LogP contribution >= 0.6 is 11.5 Å². The average Bonchev–Trinajstić information content (AvgIpc) is 2.90. The monoisotopic (exact) mass is 307 g/mol. The maximum Gasteiger partial charge on any atom is 0.335 e. The number of carbonyl (C=O) groups is 2. The molecule has 0 saturated carbocycles. The zero-order chi connectivity index (χ0) is 15.2. The molecule has 2 rings (SSSR count). The SMILES string of the molecule is Cc1nnsc1C(=O)NCCOc1ccc(C(=O)O)cc1. The van der Waals surface area contributed by atoms with Crippen LogP contribution in [0.2, 0.25) is 0 Å². The quantitative estimate of drug-likeness (QED) is 0.781. The zero-order valence-electron chi connectivity index (χ0n) is 11.2. The predicted molar refractivity (Wildman–Crippen MR) is 75.9 cm³/mol. The number of benzene rings is 1. The highest BCUT2D eigenvalue weighted by molar-refractivity contribution is 7.07. The number of nitrogens with zero attached hydrogens (tertiary/aromatic N) is 2. The standard InChI is InChI=1S/C13H13N3O4S/c1-8-11(21-16-15-8)12(17)14-6-7-20-10-4-2-9(3-5-10)13(18)19/h2-5H,6-7H2,1H3,(H,14,17)(H,18,19). The molecule has 8 heteroatoms. The van der Waals surface area contributed by atoms with Crippen LogP contribution < -0.4 is 10.1 Å². The van der Waals surface area contributed by atoms with Crippen molar-refractivity contribution in [3.8, 4) is 5.75 Å². The van der Waals surface area contributed by atoms with Crippen molar-refractivity contribution in [2.75, 3.05) is 13.2 Å². The molecule has 110 valence electrons. The van der Waals surface area contributed by atoms with Gasteiger partial charge in [-0.3, -0.25) is 4.79 Å². The first-order valence-corrected chi connectivity index (χ1v) is 6.88. The van der Waals surface area contributed by atoms with Gasteiger partial charge in [-0.1, -0.05) is 4.49 Å². The Labute approximate surface area is 124 Å². The second-order valence-electron chi connectivity index (χ2n) is 4.12. The lowest BCUT2D eigenvalue weighted by atomic mass is 10.2. The van der Waals surface area contributed by atoms with Crippen molar-refractivity contribution in [1.29, 1.82) is 0 Å². The van der Waals surface area contributed by atoms with Crippen molar-refractivity contribution in [2.45, 2.75) is 6.92 Å². The Morgan fingerprint density at radius 3 is 2.62 bits per heavy atom. The maximum absolute atomic E-state index is 11.8. The lowest BCUT2D eigenvalue weighted by molar-refractivity contribution is 0.0696. The van der Waals surface area contributed by atoms with Crippen molar-refractivity contribution in [3.63, 3.8) is 0 Å². The number of aromatic carboxylic acids is 1. The molecule has 0 aliphatic carbocycles. The number of ether oxygens (including phenoxy) is 1. The lowest BCUT2D eigenvalue weighted by Crippen LogP contribution is -2.27. The van der Waals surface area contributed by atoms with E-state index < -0.39 is 5.97 Å². The Morgan fingerprint density at radius 1 is 1.33 bits per heavy atom. The van der Waals surface area contributed by atoms with Crippen molar-refractivity contribution >= 4 is 23.4 Å². The molecule has 0 fully saturated rings. The molecular formula is C13H13N3O4S. The van der Waals surface area contributed by atoms with E-state index in [2.05, 4.69) is 14.9 Å². The summed E-state index contributed by atoms with van der Waals surface area (Å²) in [5, 5.41) is 15.2. The number of nitrogens with one attached hydrogen (secondary N) is 1. The second-order valence-corrected chi connectivity index (χ2v) is 4.88. The Balaban J connectivity index is 1.76. The molecule has 21 heavy (non-hydrogen) atoms. The number of carboxylic acid groups (broad SMARTS) is 1. The van der Waals surface area contributed by atoms with E-state index in [9.17, 15) is 9.59 Å². The van der Waals surface area contributed by atoms with E-state index in [1.54, 1.807) is 19.1 Å². The van der Waals surface area contributed by atoms with Crippen LogP contribution in [0.15, 0.2) is 24.3 Å². The minimum absolute atomic E-state index is 0.198. The molecule has 0 atom stereocenters. The Hall–Kier alpha value is -2.48. The van der Waals surface area contributed by atoms with Crippen LogP contribution in [0, 0.1) is 6.92 Å². The van der Waals surface area contributed by atoms with Crippen LogP contribution in [-0.2, 0) is 0 Å². The fourth-order valence-corrected chi connectivity index (χ4v) is 2.12. The van der Waals surface area contributed by atoms with Gasteiger partial charge in [0, 0.05) is 0 Å². The number of rotatable bonds is 6. The Kier molecular flexibility index (Phi) is 4.83. The van der Waals surface area contributed by atoms with E-state index in [-0.39, 0.29) is 18.1 Å². The predicted octanol–water partition coefficient (Wildman–Crippen LogP) is 1.35. The number of hydrogen-bond donors (Lipinski definition) is 2. The topological polar surface area (TPSA) is 101 Å². The number of amides is 1. The molecule has 0 radical (unpaired) electrons. The molecule has 1 heterocycles. The molecule has 0 bridgehead atoms. The van der Waals surface area contributed by atoms with Gasteiger partial charge >= 0.3 is 5.97 Å². The highest BCUT2D eigenvalue weighted by Crippen LogP contribution is 2.12. The highest BCUT2D eigenvalue weighted by Gasteiger charge is 2.12. The summed E-state index contributed by atoms with van der Waals surface area (Å²) in [6.45, 7) is 2.33. The van der Waals surface area contributed by atoms with E-state index in [0.29, 0.717) is 22.9 Å². The first-order valence-electron chi connectivity index (χ1n) is 6.11. The molecule has 1 aromatic carbocycles. The van der Waals surface area contributed by atoms with Crippen LogP contribution in [0.1, 0.15) is 25.7 Å². The Bertz CT molecular complexity index is 639. The summed E-state index contributed by atoms with van der Waals surface area (Å²) in [7, 11) is 0. The normalized spacial score (nSPS) is 10.1. The van der Waals surface area contributed by atoms with Crippen LogP contribution in [0.4, 0.5) is 0 Å². The minimum Gasteiger partial charge on any atom is -0.492 e. The average molecular weight is 307 g/mol. The summed E-state index contributed by atoms with van der Waals surface area (Å²) in [5.74, 6) is -0.667. The molecule has 0 saturated heterocycles. The van der Waals surface area contributed by atoms with Crippen molar-refractivity contribution in [2.24, 2.45) is 0 Å². The van der Waals surface area contributed by atoms with E-state index >= 15 is 0 Å². The second kappa shape index (κ2) is 6.80. The van der Waals surface area contributed by atoms with Crippen molar-refractivity contribution < 1.29 is 19.4 Å². The van der Waals surface area contributed by atoms with Gasteiger partial charge in [-0.15, -0.1) is 5.10 Å². The number of carbonyl (C=O) groups excluding carboxylic acids is 1. The molecule has 2 N–H and O–H groups in total. The van der Waals surface area contributed by atoms with Crippen LogP contribution in [0.25, 0.3) is 0 Å². The first kappa shape index (κ1) is 14.9. The highest BCUT2D eigenvalue weighted by atomic mass is 32.1. The fraction of sp³-hybridized carbons (Fsp3) is 0.231. The summed E-state index contributed by atoms with van der Waals surface area (Å²) in [6, 6.07) is 6.07. The van der Waals surface area contributed by atoms with Crippen LogP contribution in [-0.4, -0.2) is 39.7 Å². The van der Waals surface area contributed by atoms with Crippen molar-refractivity contribution in [1.82, 2.24) is 14.9 Å². The third-order valence-electron chi connectivity index (χ3n) is 2.62. The van der Waals surface area contributed by atoms with Crippen LogP contribution in [0.5, 0.6) is 5.75 Å². The zero-order valence-corrected chi connectivity index (χ0v) is 12.0.